The lowest BCUT2D eigenvalue weighted by atomic mass is 10.3. The standard InChI is InChI=1S/C14H22N4OS/c1-3-17(4-2)13-6-5-12(11-15-13)16-14(19)18-7-9-20-10-8-18/h5-6,11H,3-4,7-10H2,1-2H3,(H,16,19). The topological polar surface area (TPSA) is 48.5 Å². The van der Waals surface area contributed by atoms with Crippen molar-refractivity contribution >= 4 is 29.3 Å². The third-order valence-electron chi connectivity index (χ3n) is 3.38. The summed E-state index contributed by atoms with van der Waals surface area (Å²) in [6.07, 6.45) is 1.73. The van der Waals surface area contributed by atoms with Crippen LogP contribution in [0.5, 0.6) is 0 Å². The average Bonchev–Trinajstić information content (AvgIpc) is 2.51. The number of hydrogen-bond acceptors (Lipinski definition) is 4. The van der Waals surface area contributed by atoms with Crippen molar-refractivity contribution in [1.82, 2.24) is 9.88 Å². The summed E-state index contributed by atoms with van der Waals surface area (Å²) in [6, 6.07) is 3.84. The highest BCUT2D eigenvalue weighted by molar-refractivity contribution is 7.99. The molecule has 5 nitrogen and oxygen atoms in total. The number of carbonyl (C=O) groups is 1. The van der Waals surface area contributed by atoms with Crippen LogP contribution >= 0.6 is 11.8 Å². The lowest BCUT2D eigenvalue weighted by Gasteiger charge is -2.26. The second kappa shape index (κ2) is 7.38. The largest absolute Gasteiger partial charge is 0.357 e. The summed E-state index contributed by atoms with van der Waals surface area (Å²) in [4.78, 5) is 20.5. The molecule has 1 aliphatic rings. The highest BCUT2D eigenvalue weighted by atomic mass is 32.2. The van der Waals surface area contributed by atoms with Crippen molar-refractivity contribution in [3.05, 3.63) is 18.3 Å². The predicted octanol–water partition coefficient (Wildman–Crippen LogP) is 2.51. The lowest BCUT2D eigenvalue weighted by molar-refractivity contribution is 0.217. The molecule has 0 aromatic carbocycles. The van der Waals surface area contributed by atoms with Crippen LogP contribution in [0.4, 0.5) is 16.3 Å². The van der Waals surface area contributed by atoms with Crippen LogP contribution in [0.15, 0.2) is 18.3 Å². The van der Waals surface area contributed by atoms with E-state index in [4.69, 9.17) is 0 Å². The Bertz CT molecular complexity index is 427. The van der Waals surface area contributed by atoms with Crippen molar-refractivity contribution in [3.8, 4) is 0 Å². The van der Waals surface area contributed by atoms with E-state index in [0.29, 0.717) is 0 Å². The fourth-order valence-corrected chi connectivity index (χ4v) is 3.07. The number of nitrogens with zero attached hydrogens (tertiary/aromatic N) is 3. The first kappa shape index (κ1) is 15.0. The summed E-state index contributed by atoms with van der Waals surface area (Å²) in [7, 11) is 0. The van der Waals surface area contributed by atoms with E-state index in [1.54, 1.807) is 6.20 Å². The molecular weight excluding hydrogens is 272 g/mol. The van der Waals surface area contributed by atoms with E-state index in [9.17, 15) is 4.79 Å². The van der Waals surface area contributed by atoms with Crippen LogP contribution < -0.4 is 10.2 Å². The van der Waals surface area contributed by atoms with Crippen LogP contribution in [-0.2, 0) is 0 Å². The fourth-order valence-electron chi connectivity index (χ4n) is 2.16. The highest BCUT2D eigenvalue weighted by Gasteiger charge is 2.16. The highest BCUT2D eigenvalue weighted by Crippen LogP contribution is 2.15. The number of hydrogen-bond donors (Lipinski definition) is 1. The molecule has 0 aliphatic carbocycles. The maximum atomic E-state index is 12.1. The Balaban J connectivity index is 1.94. The molecule has 1 aromatic heterocycles. The van der Waals surface area contributed by atoms with Gasteiger partial charge in [-0.2, -0.15) is 11.8 Å². The normalized spacial score (nSPS) is 15.0. The minimum Gasteiger partial charge on any atom is -0.357 e. The molecule has 1 N–H and O–H groups in total. The minimum atomic E-state index is -0.0253. The van der Waals surface area contributed by atoms with Gasteiger partial charge >= 0.3 is 6.03 Å². The molecule has 0 unspecified atom stereocenters. The van der Waals surface area contributed by atoms with Gasteiger partial charge < -0.3 is 15.1 Å². The third-order valence-corrected chi connectivity index (χ3v) is 4.33. The molecule has 2 heterocycles. The fraction of sp³-hybridized carbons (Fsp3) is 0.571. The Morgan fingerprint density at radius 2 is 2.05 bits per heavy atom. The van der Waals surface area contributed by atoms with Gasteiger partial charge in [0.05, 0.1) is 11.9 Å². The molecule has 2 amide bonds. The van der Waals surface area contributed by atoms with Gasteiger partial charge in [0, 0.05) is 37.7 Å². The number of anilines is 2. The summed E-state index contributed by atoms with van der Waals surface area (Å²) in [6.45, 7) is 7.72. The van der Waals surface area contributed by atoms with Crippen LogP contribution in [0.3, 0.4) is 0 Å². The van der Waals surface area contributed by atoms with Crippen LogP contribution in [0.25, 0.3) is 0 Å². The smallest absolute Gasteiger partial charge is 0.321 e. The lowest BCUT2D eigenvalue weighted by Crippen LogP contribution is -2.40. The Morgan fingerprint density at radius 1 is 1.35 bits per heavy atom. The minimum absolute atomic E-state index is 0.0253. The molecule has 0 atom stereocenters. The number of aromatic nitrogens is 1. The van der Waals surface area contributed by atoms with E-state index >= 15 is 0 Å². The summed E-state index contributed by atoms with van der Waals surface area (Å²) < 4.78 is 0. The van der Waals surface area contributed by atoms with E-state index in [-0.39, 0.29) is 6.03 Å². The molecule has 1 aliphatic heterocycles. The van der Waals surface area contributed by atoms with Crippen LogP contribution in [0.1, 0.15) is 13.8 Å². The zero-order valence-electron chi connectivity index (χ0n) is 12.1. The summed E-state index contributed by atoms with van der Waals surface area (Å²) >= 11 is 1.89. The number of rotatable bonds is 4. The molecule has 0 saturated carbocycles. The molecule has 6 heteroatoms. The quantitative estimate of drug-likeness (QED) is 0.927. The van der Waals surface area contributed by atoms with Crippen LogP contribution in [-0.4, -0.2) is 53.6 Å². The molecule has 1 saturated heterocycles. The molecule has 20 heavy (non-hydrogen) atoms. The molecule has 0 bridgehead atoms. The molecule has 2 rings (SSSR count). The number of thioether (sulfide) groups is 1. The van der Waals surface area contributed by atoms with Crippen LogP contribution in [0.2, 0.25) is 0 Å². The monoisotopic (exact) mass is 294 g/mol. The Hall–Kier alpha value is -1.43. The summed E-state index contributed by atoms with van der Waals surface area (Å²) in [5, 5.41) is 2.91. The van der Waals surface area contributed by atoms with Crippen molar-refractivity contribution in [2.24, 2.45) is 0 Å². The van der Waals surface area contributed by atoms with Gasteiger partial charge in [-0.3, -0.25) is 0 Å². The van der Waals surface area contributed by atoms with Crippen molar-refractivity contribution < 1.29 is 4.79 Å². The van der Waals surface area contributed by atoms with Gasteiger partial charge in [0.1, 0.15) is 5.82 Å². The van der Waals surface area contributed by atoms with Crippen molar-refractivity contribution in [3.63, 3.8) is 0 Å². The van der Waals surface area contributed by atoms with Crippen LogP contribution in [0, 0.1) is 0 Å². The first-order chi connectivity index (χ1) is 9.74. The van der Waals surface area contributed by atoms with Crippen molar-refractivity contribution in [2.45, 2.75) is 13.8 Å². The van der Waals surface area contributed by atoms with Gasteiger partial charge in [0.2, 0.25) is 0 Å². The molecule has 110 valence electrons. The molecular formula is C14H22N4OS. The molecule has 0 radical (unpaired) electrons. The van der Waals surface area contributed by atoms with Crippen molar-refractivity contribution in [2.75, 3.05) is 47.9 Å². The number of nitrogens with one attached hydrogen (secondary N) is 1. The van der Waals surface area contributed by atoms with Gasteiger partial charge in [0.25, 0.3) is 0 Å². The van der Waals surface area contributed by atoms with Gasteiger partial charge in [0.15, 0.2) is 0 Å². The Kier molecular flexibility index (Phi) is 5.52. The van der Waals surface area contributed by atoms with Gasteiger partial charge in [-0.15, -0.1) is 0 Å². The second-order valence-electron chi connectivity index (χ2n) is 4.61. The number of carbonyl (C=O) groups excluding carboxylic acids is 1. The molecule has 1 aromatic rings. The number of amides is 2. The van der Waals surface area contributed by atoms with E-state index in [0.717, 1.165) is 49.2 Å². The van der Waals surface area contributed by atoms with E-state index in [1.807, 2.05) is 28.8 Å². The summed E-state index contributed by atoms with van der Waals surface area (Å²) in [5.41, 5.74) is 0.754. The number of urea groups is 1. The Labute approximate surface area is 124 Å². The SMILES string of the molecule is CCN(CC)c1ccc(NC(=O)N2CCSCC2)cn1. The predicted molar refractivity (Wildman–Crippen MR) is 85.7 cm³/mol. The Morgan fingerprint density at radius 3 is 2.60 bits per heavy atom. The van der Waals surface area contributed by atoms with Gasteiger partial charge in [-0.25, -0.2) is 9.78 Å². The van der Waals surface area contributed by atoms with Gasteiger partial charge in [-0.05, 0) is 26.0 Å². The van der Waals surface area contributed by atoms with E-state index in [2.05, 4.69) is 29.0 Å². The third kappa shape index (κ3) is 3.79. The molecule has 1 fully saturated rings. The first-order valence-electron chi connectivity index (χ1n) is 7.09. The van der Waals surface area contributed by atoms with E-state index < -0.39 is 0 Å². The summed E-state index contributed by atoms with van der Waals surface area (Å²) in [5.74, 6) is 2.99. The zero-order valence-corrected chi connectivity index (χ0v) is 12.9. The first-order valence-corrected chi connectivity index (χ1v) is 8.24. The zero-order chi connectivity index (χ0) is 14.4. The average molecular weight is 294 g/mol. The maximum Gasteiger partial charge on any atom is 0.321 e. The number of pyridine rings is 1. The second-order valence-corrected chi connectivity index (χ2v) is 5.83. The van der Waals surface area contributed by atoms with E-state index in [1.165, 1.54) is 0 Å². The molecule has 0 spiro atoms. The van der Waals surface area contributed by atoms with Gasteiger partial charge in [-0.1, -0.05) is 0 Å². The maximum absolute atomic E-state index is 12.1. The van der Waals surface area contributed by atoms with Crippen molar-refractivity contribution in [1.29, 1.82) is 0 Å².